The Labute approximate surface area is 141 Å². The number of carbonyl (C=O) groups excluding carboxylic acids is 2. The second kappa shape index (κ2) is 6.08. The summed E-state index contributed by atoms with van der Waals surface area (Å²) in [6.07, 6.45) is -3.40. The van der Waals surface area contributed by atoms with Gasteiger partial charge < -0.3 is 5.32 Å². The fourth-order valence-corrected chi connectivity index (χ4v) is 2.72. The molecule has 1 N–H and O–H groups in total. The van der Waals surface area contributed by atoms with E-state index in [1.165, 1.54) is 17.0 Å². The highest BCUT2D eigenvalue weighted by atomic mass is 19.4. The van der Waals surface area contributed by atoms with Crippen LogP contribution < -0.4 is 10.2 Å². The van der Waals surface area contributed by atoms with Crippen molar-refractivity contribution in [3.8, 4) is 0 Å². The SMILES string of the molecule is C=CC(=O)NC1C(=O)N(c2ccc(C(F)(F)F)cc2)c2ccccc21. The minimum Gasteiger partial charge on any atom is -0.337 e. The van der Waals surface area contributed by atoms with Gasteiger partial charge in [0.15, 0.2) is 0 Å². The average Bonchev–Trinajstić information content (AvgIpc) is 2.86. The monoisotopic (exact) mass is 346 g/mol. The molecule has 3 rings (SSSR count). The minimum absolute atomic E-state index is 0.292. The van der Waals surface area contributed by atoms with Gasteiger partial charge in [0.05, 0.1) is 11.3 Å². The first-order chi connectivity index (χ1) is 11.8. The fraction of sp³-hybridized carbons (Fsp3) is 0.111. The molecular formula is C18H13F3N2O2. The highest BCUT2D eigenvalue weighted by Gasteiger charge is 2.39. The van der Waals surface area contributed by atoms with Crippen LogP contribution in [-0.2, 0) is 15.8 Å². The number of fused-ring (bicyclic) bond motifs is 1. The molecule has 2 aromatic carbocycles. The molecule has 1 aliphatic heterocycles. The molecular weight excluding hydrogens is 333 g/mol. The molecule has 0 fully saturated rings. The summed E-state index contributed by atoms with van der Waals surface area (Å²) in [5.41, 5.74) is 0.581. The van der Waals surface area contributed by atoms with Crippen LogP contribution in [0.5, 0.6) is 0 Å². The molecule has 0 spiro atoms. The van der Waals surface area contributed by atoms with Crippen molar-refractivity contribution in [2.24, 2.45) is 0 Å². The lowest BCUT2D eigenvalue weighted by Crippen LogP contribution is -2.34. The van der Waals surface area contributed by atoms with E-state index in [1.54, 1.807) is 24.3 Å². The van der Waals surface area contributed by atoms with Crippen LogP contribution in [0.2, 0.25) is 0 Å². The van der Waals surface area contributed by atoms with Gasteiger partial charge in [-0.15, -0.1) is 0 Å². The van der Waals surface area contributed by atoms with Crippen molar-refractivity contribution in [1.29, 1.82) is 0 Å². The van der Waals surface area contributed by atoms with Gasteiger partial charge >= 0.3 is 6.18 Å². The van der Waals surface area contributed by atoms with Crippen LogP contribution in [0.1, 0.15) is 17.2 Å². The molecule has 0 saturated heterocycles. The van der Waals surface area contributed by atoms with Crippen LogP contribution in [0.4, 0.5) is 24.5 Å². The number of amides is 2. The third-order valence-corrected chi connectivity index (χ3v) is 3.88. The van der Waals surface area contributed by atoms with Crippen LogP contribution >= 0.6 is 0 Å². The topological polar surface area (TPSA) is 49.4 Å². The number of anilines is 2. The van der Waals surface area contributed by atoms with Gasteiger partial charge in [-0.3, -0.25) is 14.5 Å². The Balaban J connectivity index is 2.01. The molecule has 2 amide bonds. The number of rotatable bonds is 3. The first kappa shape index (κ1) is 16.8. The molecule has 7 heteroatoms. The Kier molecular flexibility index (Phi) is 4.08. The smallest absolute Gasteiger partial charge is 0.337 e. The number of hydrogen-bond acceptors (Lipinski definition) is 2. The lowest BCUT2D eigenvalue weighted by atomic mass is 10.1. The van der Waals surface area contributed by atoms with E-state index in [0.29, 0.717) is 16.9 Å². The molecule has 4 nitrogen and oxygen atoms in total. The fourth-order valence-electron chi connectivity index (χ4n) is 2.72. The van der Waals surface area contributed by atoms with Gasteiger partial charge in [-0.2, -0.15) is 13.2 Å². The molecule has 0 radical (unpaired) electrons. The zero-order valence-electron chi connectivity index (χ0n) is 12.9. The predicted octanol–water partition coefficient (Wildman–Crippen LogP) is 3.73. The Bertz CT molecular complexity index is 844. The third-order valence-electron chi connectivity index (χ3n) is 3.88. The summed E-state index contributed by atoms with van der Waals surface area (Å²) in [6.45, 7) is 3.35. The number of para-hydroxylation sites is 1. The van der Waals surface area contributed by atoms with Crippen molar-refractivity contribution < 1.29 is 22.8 Å². The molecule has 1 unspecified atom stereocenters. The molecule has 1 aliphatic rings. The van der Waals surface area contributed by atoms with Crippen LogP contribution in [0.25, 0.3) is 0 Å². The quantitative estimate of drug-likeness (QED) is 0.861. The number of alkyl halides is 3. The maximum atomic E-state index is 12.8. The van der Waals surface area contributed by atoms with Crippen molar-refractivity contribution >= 4 is 23.2 Å². The lowest BCUT2D eigenvalue weighted by Gasteiger charge is -2.19. The van der Waals surface area contributed by atoms with E-state index in [2.05, 4.69) is 11.9 Å². The number of benzene rings is 2. The molecule has 0 aliphatic carbocycles. The van der Waals surface area contributed by atoms with E-state index in [1.807, 2.05) is 0 Å². The largest absolute Gasteiger partial charge is 0.416 e. The number of carbonyl (C=O) groups is 2. The molecule has 25 heavy (non-hydrogen) atoms. The zero-order chi connectivity index (χ0) is 18.2. The summed E-state index contributed by atoms with van der Waals surface area (Å²) in [5.74, 6) is -0.960. The van der Waals surface area contributed by atoms with Crippen molar-refractivity contribution in [2.45, 2.75) is 12.2 Å². The Morgan fingerprint density at radius 1 is 1.12 bits per heavy atom. The van der Waals surface area contributed by atoms with E-state index >= 15 is 0 Å². The molecule has 0 saturated carbocycles. The van der Waals surface area contributed by atoms with Gasteiger partial charge in [0.1, 0.15) is 6.04 Å². The zero-order valence-corrected chi connectivity index (χ0v) is 12.9. The summed E-state index contributed by atoms with van der Waals surface area (Å²) in [6, 6.07) is 10.2. The number of nitrogens with one attached hydrogen (secondary N) is 1. The van der Waals surface area contributed by atoms with Crippen molar-refractivity contribution in [3.63, 3.8) is 0 Å². The van der Waals surface area contributed by atoms with Crippen LogP contribution in [0, 0.1) is 0 Å². The molecule has 128 valence electrons. The second-order valence-corrected chi connectivity index (χ2v) is 5.42. The normalized spacial score (nSPS) is 16.5. The van der Waals surface area contributed by atoms with E-state index in [-0.39, 0.29) is 0 Å². The van der Waals surface area contributed by atoms with Crippen molar-refractivity contribution in [2.75, 3.05) is 4.90 Å². The van der Waals surface area contributed by atoms with Gasteiger partial charge in [-0.1, -0.05) is 24.8 Å². The van der Waals surface area contributed by atoms with Gasteiger partial charge in [0.2, 0.25) is 5.91 Å². The van der Waals surface area contributed by atoms with Gasteiger partial charge in [-0.25, -0.2) is 0 Å². The van der Waals surface area contributed by atoms with E-state index in [4.69, 9.17) is 0 Å². The lowest BCUT2D eigenvalue weighted by molar-refractivity contribution is -0.137. The van der Waals surface area contributed by atoms with Crippen molar-refractivity contribution in [3.05, 3.63) is 72.3 Å². The van der Waals surface area contributed by atoms with Gasteiger partial charge in [-0.05, 0) is 36.4 Å². The van der Waals surface area contributed by atoms with Gasteiger partial charge in [0.25, 0.3) is 5.91 Å². The minimum atomic E-state index is -4.45. The summed E-state index contributed by atoms with van der Waals surface area (Å²) >= 11 is 0. The Morgan fingerprint density at radius 2 is 1.76 bits per heavy atom. The van der Waals surface area contributed by atoms with E-state index in [9.17, 15) is 22.8 Å². The third kappa shape index (κ3) is 3.00. The number of halogens is 3. The van der Waals surface area contributed by atoms with Crippen LogP contribution in [-0.4, -0.2) is 11.8 Å². The second-order valence-electron chi connectivity index (χ2n) is 5.42. The van der Waals surface area contributed by atoms with E-state index in [0.717, 1.165) is 18.2 Å². The first-order valence-electron chi connectivity index (χ1n) is 7.36. The van der Waals surface area contributed by atoms with Gasteiger partial charge in [0, 0.05) is 11.3 Å². The summed E-state index contributed by atoms with van der Waals surface area (Å²) in [5, 5.41) is 2.54. The predicted molar refractivity (Wildman–Crippen MR) is 86.1 cm³/mol. The van der Waals surface area contributed by atoms with Crippen molar-refractivity contribution in [1.82, 2.24) is 5.32 Å². The number of nitrogens with zero attached hydrogens (tertiary/aromatic N) is 1. The summed E-state index contributed by atoms with van der Waals surface area (Å²) in [7, 11) is 0. The summed E-state index contributed by atoms with van der Waals surface area (Å²) < 4.78 is 38.2. The molecule has 1 atom stereocenters. The first-order valence-corrected chi connectivity index (χ1v) is 7.36. The van der Waals surface area contributed by atoms with Crippen LogP contribution in [0.3, 0.4) is 0 Å². The highest BCUT2D eigenvalue weighted by Crippen LogP contribution is 2.41. The van der Waals surface area contributed by atoms with E-state index < -0.39 is 29.6 Å². The highest BCUT2D eigenvalue weighted by molar-refractivity contribution is 6.11. The maximum absolute atomic E-state index is 12.8. The average molecular weight is 346 g/mol. The standard InChI is InChI=1S/C18H13F3N2O2/c1-2-15(24)22-16-13-5-3-4-6-14(13)23(17(16)25)12-9-7-11(8-10-12)18(19,20)21/h2-10,16H,1H2,(H,22,24). The molecule has 1 heterocycles. The Hall–Kier alpha value is -3.09. The molecule has 2 aromatic rings. The maximum Gasteiger partial charge on any atom is 0.416 e. The molecule has 0 aromatic heterocycles. The number of hydrogen-bond donors (Lipinski definition) is 1. The van der Waals surface area contributed by atoms with Crippen LogP contribution in [0.15, 0.2) is 61.2 Å². The Morgan fingerprint density at radius 3 is 2.36 bits per heavy atom. The summed E-state index contributed by atoms with van der Waals surface area (Å²) in [4.78, 5) is 25.6. The molecule has 0 bridgehead atoms.